The summed E-state index contributed by atoms with van der Waals surface area (Å²) in [5, 5.41) is 4.61. The lowest BCUT2D eigenvalue weighted by Gasteiger charge is -2.16. The average Bonchev–Trinajstić information content (AvgIpc) is 3.17. The SMILES string of the molecule is CCNc1nc(CN(C)CC2CC2)nc2sc(C)c(C)c12. The van der Waals surface area contributed by atoms with Crippen LogP contribution in [0.25, 0.3) is 10.2 Å². The van der Waals surface area contributed by atoms with Crippen molar-refractivity contribution < 1.29 is 0 Å². The Balaban J connectivity index is 1.91. The molecule has 3 rings (SSSR count). The highest BCUT2D eigenvalue weighted by Gasteiger charge is 2.23. The number of anilines is 1. The quantitative estimate of drug-likeness (QED) is 0.885. The van der Waals surface area contributed by atoms with Gasteiger partial charge in [0.1, 0.15) is 16.5 Å². The standard InChI is InChI=1S/C16H24N4S/c1-5-17-15-14-10(2)11(3)21-16(14)19-13(18-15)9-20(4)8-12-6-7-12/h12H,5-9H2,1-4H3,(H,17,18,19). The van der Waals surface area contributed by atoms with Crippen molar-refractivity contribution in [2.45, 2.75) is 40.2 Å². The first kappa shape index (κ1) is 14.7. The van der Waals surface area contributed by atoms with Crippen molar-refractivity contribution in [2.24, 2.45) is 5.92 Å². The van der Waals surface area contributed by atoms with Crippen molar-refractivity contribution in [3.8, 4) is 0 Å². The third-order valence-corrected chi connectivity index (χ3v) is 5.20. The first-order chi connectivity index (χ1) is 10.1. The van der Waals surface area contributed by atoms with E-state index in [4.69, 9.17) is 9.97 Å². The lowest BCUT2D eigenvalue weighted by atomic mass is 10.2. The monoisotopic (exact) mass is 304 g/mol. The molecule has 2 aromatic heterocycles. The predicted molar refractivity (Wildman–Crippen MR) is 90.1 cm³/mol. The smallest absolute Gasteiger partial charge is 0.146 e. The number of aromatic nitrogens is 2. The van der Waals surface area contributed by atoms with Crippen LogP contribution < -0.4 is 5.32 Å². The van der Waals surface area contributed by atoms with E-state index >= 15 is 0 Å². The number of hydrogen-bond acceptors (Lipinski definition) is 5. The first-order valence-corrected chi connectivity index (χ1v) is 8.59. The molecule has 0 atom stereocenters. The van der Waals surface area contributed by atoms with Gasteiger partial charge in [0.2, 0.25) is 0 Å². The van der Waals surface area contributed by atoms with Gasteiger partial charge in [-0.3, -0.25) is 4.90 Å². The molecule has 114 valence electrons. The fraction of sp³-hybridized carbons (Fsp3) is 0.625. The molecule has 1 N–H and O–H groups in total. The minimum atomic E-state index is 0.834. The van der Waals surface area contributed by atoms with Gasteiger partial charge in [-0.05, 0) is 52.1 Å². The number of fused-ring (bicyclic) bond motifs is 1. The maximum absolute atomic E-state index is 4.79. The Labute approximate surface area is 130 Å². The second kappa shape index (κ2) is 5.89. The van der Waals surface area contributed by atoms with Crippen LogP contribution in [0.5, 0.6) is 0 Å². The number of nitrogens with zero attached hydrogens (tertiary/aromatic N) is 3. The van der Waals surface area contributed by atoms with Crippen molar-refractivity contribution in [1.82, 2.24) is 14.9 Å². The Morgan fingerprint density at radius 1 is 1.29 bits per heavy atom. The van der Waals surface area contributed by atoms with E-state index in [-0.39, 0.29) is 0 Å². The van der Waals surface area contributed by atoms with Crippen LogP contribution in [-0.2, 0) is 6.54 Å². The molecule has 0 saturated heterocycles. The minimum absolute atomic E-state index is 0.834. The summed E-state index contributed by atoms with van der Waals surface area (Å²) in [6, 6.07) is 0. The molecule has 2 aromatic rings. The molecule has 2 heterocycles. The largest absolute Gasteiger partial charge is 0.370 e. The molecule has 1 fully saturated rings. The van der Waals surface area contributed by atoms with Crippen molar-refractivity contribution in [3.63, 3.8) is 0 Å². The summed E-state index contributed by atoms with van der Waals surface area (Å²) in [7, 11) is 2.17. The molecular weight excluding hydrogens is 280 g/mol. The Morgan fingerprint density at radius 2 is 2.05 bits per heavy atom. The van der Waals surface area contributed by atoms with E-state index in [0.717, 1.165) is 35.5 Å². The van der Waals surface area contributed by atoms with Crippen LogP contribution >= 0.6 is 11.3 Å². The number of nitrogens with one attached hydrogen (secondary N) is 1. The van der Waals surface area contributed by atoms with Crippen molar-refractivity contribution in [1.29, 1.82) is 0 Å². The summed E-state index contributed by atoms with van der Waals surface area (Å²) in [5.41, 5.74) is 1.31. The molecule has 0 amide bonds. The second-order valence-electron chi connectivity index (χ2n) is 6.12. The van der Waals surface area contributed by atoms with Gasteiger partial charge >= 0.3 is 0 Å². The Morgan fingerprint density at radius 3 is 2.71 bits per heavy atom. The second-order valence-corrected chi connectivity index (χ2v) is 7.33. The van der Waals surface area contributed by atoms with Gasteiger partial charge in [0.25, 0.3) is 0 Å². The van der Waals surface area contributed by atoms with Gasteiger partial charge in [-0.15, -0.1) is 11.3 Å². The number of rotatable bonds is 6. The van der Waals surface area contributed by atoms with Crippen LogP contribution in [-0.4, -0.2) is 35.0 Å². The van der Waals surface area contributed by atoms with Crippen LogP contribution in [0.2, 0.25) is 0 Å². The highest BCUT2D eigenvalue weighted by atomic mass is 32.1. The van der Waals surface area contributed by atoms with Gasteiger partial charge in [-0.1, -0.05) is 0 Å². The van der Waals surface area contributed by atoms with Crippen LogP contribution in [0.15, 0.2) is 0 Å². The Kier molecular flexibility index (Phi) is 4.13. The molecule has 0 unspecified atom stereocenters. The van der Waals surface area contributed by atoms with E-state index in [2.05, 4.69) is 38.0 Å². The maximum atomic E-state index is 4.79. The highest BCUT2D eigenvalue weighted by molar-refractivity contribution is 7.18. The summed E-state index contributed by atoms with van der Waals surface area (Å²) in [5.74, 6) is 2.83. The van der Waals surface area contributed by atoms with Crippen LogP contribution in [0.4, 0.5) is 5.82 Å². The van der Waals surface area contributed by atoms with E-state index in [1.54, 1.807) is 11.3 Å². The minimum Gasteiger partial charge on any atom is -0.370 e. The third kappa shape index (κ3) is 3.19. The van der Waals surface area contributed by atoms with Crippen LogP contribution in [0.3, 0.4) is 0 Å². The van der Waals surface area contributed by atoms with Gasteiger partial charge in [-0.25, -0.2) is 9.97 Å². The number of thiophene rings is 1. The molecule has 0 radical (unpaired) electrons. The fourth-order valence-electron chi connectivity index (χ4n) is 2.71. The molecule has 1 saturated carbocycles. The maximum Gasteiger partial charge on any atom is 0.146 e. The summed E-state index contributed by atoms with van der Waals surface area (Å²) < 4.78 is 0. The third-order valence-electron chi connectivity index (χ3n) is 4.10. The predicted octanol–water partition coefficient (Wildman–Crippen LogP) is 3.58. The van der Waals surface area contributed by atoms with E-state index in [9.17, 15) is 0 Å². The first-order valence-electron chi connectivity index (χ1n) is 7.77. The van der Waals surface area contributed by atoms with Crippen molar-refractivity contribution in [2.75, 3.05) is 25.5 Å². The van der Waals surface area contributed by atoms with Gasteiger partial charge in [-0.2, -0.15) is 0 Å². The molecule has 4 nitrogen and oxygen atoms in total. The molecule has 21 heavy (non-hydrogen) atoms. The summed E-state index contributed by atoms with van der Waals surface area (Å²) >= 11 is 1.78. The molecule has 0 spiro atoms. The molecule has 5 heteroatoms. The van der Waals surface area contributed by atoms with Gasteiger partial charge in [0.15, 0.2) is 0 Å². The molecule has 0 bridgehead atoms. The fourth-order valence-corrected chi connectivity index (χ4v) is 3.76. The van der Waals surface area contributed by atoms with Gasteiger partial charge in [0.05, 0.1) is 11.9 Å². The summed E-state index contributed by atoms with van der Waals surface area (Å²) in [6.07, 6.45) is 2.77. The van der Waals surface area contributed by atoms with Gasteiger partial charge < -0.3 is 5.32 Å². The van der Waals surface area contributed by atoms with Crippen molar-refractivity contribution >= 4 is 27.4 Å². The molecule has 1 aliphatic carbocycles. The average molecular weight is 304 g/mol. The summed E-state index contributed by atoms with van der Waals surface area (Å²) in [4.78, 5) is 14.4. The van der Waals surface area contributed by atoms with Crippen LogP contribution in [0, 0.1) is 19.8 Å². The van der Waals surface area contributed by atoms with Crippen molar-refractivity contribution in [3.05, 3.63) is 16.3 Å². The summed E-state index contributed by atoms with van der Waals surface area (Å²) in [6.45, 7) is 9.33. The van der Waals surface area contributed by atoms with Gasteiger partial charge in [0, 0.05) is 18.0 Å². The lowest BCUT2D eigenvalue weighted by molar-refractivity contribution is 0.306. The van der Waals surface area contributed by atoms with Crippen LogP contribution in [0.1, 0.15) is 36.0 Å². The highest BCUT2D eigenvalue weighted by Crippen LogP contribution is 2.33. The zero-order valence-corrected chi connectivity index (χ0v) is 14.2. The zero-order chi connectivity index (χ0) is 15.0. The van der Waals surface area contributed by atoms with E-state index < -0.39 is 0 Å². The lowest BCUT2D eigenvalue weighted by Crippen LogP contribution is -2.22. The normalized spacial score (nSPS) is 15.1. The molecular formula is C16H24N4S. The zero-order valence-electron chi connectivity index (χ0n) is 13.4. The Bertz CT molecular complexity index is 645. The van der Waals surface area contributed by atoms with E-state index in [1.165, 1.54) is 35.2 Å². The number of hydrogen-bond donors (Lipinski definition) is 1. The Hall–Kier alpha value is -1.20. The number of aryl methyl sites for hydroxylation is 2. The topological polar surface area (TPSA) is 41.1 Å². The van der Waals surface area contributed by atoms with E-state index in [1.807, 2.05) is 0 Å². The van der Waals surface area contributed by atoms with E-state index in [0.29, 0.717) is 0 Å². The molecule has 0 aliphatic heterocycles. The molecule has 1 aliphatic rings. The molecule has 0 aromatic carbocycles.